The van der Waals surface area contributed by atoms with Crippen LogP contribution < -0.4 is 5.32 Å². The Morgan fingerprint density at radius 3 is 2.52 bits per heavy atom. The Balaban J connectivity index is 2.50. The number of allylic oxidation sites excluding steroid dienone is 1. The molecule has 0 unspecified atom stereocenters. The Hall–Kier alpha value is -2.08. The third kappa shape index (κ3) is 9.31. The highest BCUT2D eigenvalue weighted by Gasteiger charge is 2.27. The average molecular weight is 425 g/mol. The first-order chi connectivity index (χ1) is 13.6. The van der Waals surface area contributed by atoms with Crippen LogP contribution in [0.2, 0.25) is 0 Å². The van der Waals surface area contributed by atoms with E-state index < -0.39 is 5.91 Å². The van der Waals surface area contributed by atoms with Gasteiger partial charge in [0.1, 0.15) is 5.76 Å². The number of rotatable bonds is 10. The van der Waals surface area contributed by atoms with Crippen molar-refractivity contribution in [3.8, 4) is 0 Å². The predicted molar refractivity (Wildman–Crippen MR) is 115 cm³/mol. The van der Waals surface area contributed by atoms with Crippen molar-refractivity contribution in [1.82, 2.24) is 10.2 Å². The summed E-state index contributed by atoms with van der Waals surface area (Å²) in [6.45, 7) is 8.60. The van der Waals surface area contributed by atoms with Gasteiger partial charge in [0.15, 0.2) is 0 Å². The van der Waals surface area contributed by atoms with E-state index in [0.717, 1.165) is 24.2 Å². The van der Waals surface area contributed by atoms with Crippen LogP contribution in [-0.4, -0.2) is 42.3 Å². The summed E-state index contributed by atoms with van der Waals surface area (Å²) in [5.74, 6) is -0.452. The minimum Gasteiger partial charge on any atom is -0.501 e. The maximum absolute atomic E-state index is 12.4. The zero-order valence-corrected chi connectivity index (χ0v) is 18.8. The van der Waals surface area contributed by atoms with E-state index >= 15 is 0 Å². The first kappa shape index (κ1) is 25.0. The Kier molecular flexibility index (Phi) is 10.2. The normalized spacial score (nSPS) is 17.7. The fourth-order valence-corrected chi connectivity index (χ4v) is 3.05. The summed E-state index contributed by atoms with van der Waals surface area (Å²) in [6, 6.07) is -0.287. The third-order valence-corrected chi connectivity index (χ3v) is 4.90. The van der Waals surface area contributed by atoms with Crippen LogP contribution in [-0.2, 0) is 19.1 Å². The molecule has 1 aliphatic heterocycles. The van der Waals surface area contributed by atoms with Crippen molar-refractivity contribution in [1.29, 1.82) is 0 Å². The first-order valence-electron chi connectivity index (χ1n) is 9.92. The van der Waals surface area contributed by atoms with Gasteiger partial charge in [-0.3, -0.25) is 19.3 Å². The molecule has 0 aromatic carbocycles. The van der Waals surface area contributed by atoms with Gasteiger partial charge in [-0.1, -0.05) is 44.9 Å². The van der Waals surface area contributed by atoms with E-state index in [4.69, 9.17) is 16.3 Å². The first-order valence-corrected chi connectivity index (χ1v) is 10.4. The number of ether oxygens (including phenoxy) is 1. The quantitative estimate of drug-likeness (QED) is 0.326. The van der Waals surface area contributed by atoms with Gasteiger partial charge in [-0.2, -0.15) is 0 Å². The van der Waals surface area contributed by atoms with E-state index in [9.17, 15) is 14.4 Å². The SMILES string of the molecule is CO/C(=C/C(=O)N1C(=O)C=C[C@@H]1C)C/C(=C/Cl)CNC(=O)CCCCC(C)(C)C. The lowest BCUT2D eigenvalue weighted by molar-refractivity contribution is -0.139. The summed E-state index contributed by atoms with van der Waals surface area (Å²) in [4.78, 5) is 37.3. The molecule has 0 saturated carbocycles. The molecule has 162 valence electrons. The van der Waals surface area contributed by atoms with Gasteiger partial charge < -0.3 is 10.1 Å². The monoisotopic (exact) mass is 424 g/mol. The molecule has 0 fully saturated rings. The van der Waals surface area contributed by atoms with E-state index in [0.29, 0.717) is 17.8 Å². The molecule has 0 bridgehead atoms. The minimum absolute atomic E-state index is 0.0310. The highest BCUT2D eigenvalue weighted by atomic mass is 35.5. The standard InChI is InChI=1S/C22H33ClN2O4/c1-16-9-10-20(27)25(16)21(28)13-18(29-5)12-17(14-23)15-24-19(26)8-6-7-11-22(2,3)4/h9-10,13-14,16H,6-8,11-12,15H2,1-5H3,(H,24,26)/b17-14-,18-13+/t16-/m0/s1. The van der Waals surface area contributed by atoms with Crippen molar-refractivity contribution in [3.63, 3.8) is 0 Å². The van der Waals surface area contributed by atoms with Crippen LogP contribution in [0.5, 0.6) is 0 Å². The summed E-state index contributed by atoms with van der Waals surface area (Å²) in [5, 5.41) is 2.85. The van der Waals surface area contributed by atoms with Crippen molar-refractivity contribution < 1.29 is 19.1 Å². The van der Waals surface area contributed by atoms with Crippen LogP contribution in [0.1, 0.15) is 59.8 Å². The highest BCUT2D eigenvalue weighted by molar-refractivity contribution is 6.25. The lowest BCUT2D eigenvalue weighted by atomic mass is 9.89. The molecular formula is C22H33ClN2O4. The second-order valence-electron chi connectivity index (χ2n) is 8.45. The Morgan fingerprint density at radius 1 is 1.31 bits per heavy atom. The lowest BCUT2D eigenvalue weighted by Crippen LogP contribution is -2.36. The topological polar surface area (TPSA) is 75.7 Å². The van der Waals surface area contributed by atoms with Crippen LogP contribution in [0.15, 0.2) is 35.1 Å². The number of hydrogen-bond donors (Lipinski definition) is 1. The fourth-order valence-electron chi connectivity index (χ4n) is 2.89. The maximum atomic E-state index is 12.4. The summed E-state index contributed by atoms with van der Waals surface area (Å²) < 4.78 is 5.27. The molecule has 0 aromatic heterocycles. The molecule has 6 nitrogen and oxygen atoms in total. The maximum Gasteiger partial charge on any atom is 0.257 e. The van der Waals surface area contributed by atoms with Crippen LogP contribution in [0.4, 0.5) is 0 Å². The van der Waals surface area contributed by atoms with Crippen molar-refractivity contribution in [2.75, 3.05) is 13.7 Å². The van der Waals surface area contributed by atoms with Crippen molar-refractivity contribution in [3.05, 3.63) is 35.1 Å². The minimum atomic E-state index is -0.443. The number of amides is 3. The molecule has 0 aromatic rings. The largest absolute Gasteiger partial charge is 0.501 e. The van der Waals surface area contributed by atoms with Crippen LogP contribution >= 0.6 is 11.6 Å². The number of carbonyl (C=O) groups excluding carboxylic acids is 3. The third-order valence-electron chi connectivity index (χ3n) is 4.59. The van der Waals surface area contributed by atoms with E-state index in [1.807, 2.05) is 0 Å². The molecule has 0 saturated heterocycles. The number of carbonyl (C=O) groups is 3. The summed E-state index contributed by atoms with van der Waals surface area (Å²) >= 11 is 5.88. The molecule has 1 atom stereocenters. The van der Waals surface area contributed by atoms with E-state index in [2.05, 4.69) is 26.1 Å². The molecule has 7 heteroatoms. The number of nitrogens with zero attached hydrogens (tertiary/aromatic N) is 1. The smallest absolute Gasteiger partial charge is 0.257 e. The molecule has 1 N–H and O–H groups in total. The number of hydrogen-bond acceptors (Lipinski definition) is 4. The van der Waals surface area contributed by atoms with Gasteiger partial charge >= 0.3 is 0 Å². The van der Waals surface area contributed by atoms with E-state index in [-0.39, 0.29) is 36.2 Å². The fraction of sp³-hybridized carbons (Fsp3) is 0.591. The second-order valence-corrected chi connectivity index (χ2v) is 8.67. The number of unbranched alkanes of at least 4 members (excludes halogenated alkanes) is 1. The van der Waals surface area contributed by atoms with Crippen LogP contribution in [0.3, 0.4) is 0 Å². The molecular weight excluding hydrogens is 392 g/mol. The van der Waals surface area contributed by atoms with Gasteiger partial charge in [0.2, 0.25) is 5.91 Å². The van der Waals surface area contributed by atoms with Gasteiger partial charge in [-0.05, 0) is 30.8 Å². The number of methoxy groups -OCH3 is 1. The molecule has 29 heavy (non-hydrogen) atoms. The summed E-state index contributed by atoms with van der Waals surface area (Å²) in [5.41, 5.74) is 2.36. The second kappa shape index (κ2) is 11.8. The molecule has 1 rings (SSSR count). The molecule has 0 radical (unpaired) electrons. The average Bonchev–Trinajstić information content (AvgIpc) is 2.98. The van der Waals surface area contributed by atoms with E-state index in [1.165, 1.54) is 24.8 Å². The van der Waals surface area contributed by atoms with Gasteiger partial charge in [0.25, 0.3) is 11.8 Å². The van der Waals surface area contributed by atoms with Crippen molar-refractivity contribution in [2.24, 2.45) is 5.41 Å². The van der Waals surface area contributed by atoms with Crippen molar-refractivity contribution in [2.45, 2.75) is 65.8 Å². The Morgan fingerprint density at radius 2 is 2.00 bits per heavy atom. The van der Waals surface area contributed by atoms with Crippen LogP contribution in [0.25, 0.3) is 0 Å². The van der Waals surface area contributed by atoms with Gasteiger partial charge in [-0.15, -0.1) is 0 Å². The summed E-state index contributed by atoms with van der Waals surface area (Å²) in [6.07, 6.45) is 8.00. The van der Waals surface area contributed by atoms with Crippen LogP contribution in [0, 0.1) is 5.41 Å². The molecule has 0 aliphatic carbocycles. The lowest BCUT2D eigenvalue weighted by Gasteiger charge is -2.18. The number of imide groups is 1. The number of nitrogens with one attached hydrogen (secondary N) is 1. The van der Waals surface area contributed by atoms with E-state index in [1.54, 1.807) is 13.0 Å². The zero-order chi connectivity index (χ0) is 22.0. The molecule has 1 heterocycles. The molecule has 3 amide bonds. The molecule has 1 aliphatic rings. The number of halogens is 1. The Bertz CT molecular complexity index is 689. The summed E-state index contributed by atoms with van der Waals surface area (Å²) in [7, 11) is 1.45. The molecule has 0 spiro atoms. The Labute approximate surface area is 179 Å². The predicted octanol–water partition coefficient (Wildman–Crippen LogP) is 4.07. The highest BCUT2D eigenvalue weighted by Crippen LogP contribution is 2.22. The van der Waals surface area contributed by atoms with Gasteiger partial charge in [0, 0.05) is 37.1 Å². The zero-order valence-electron chi connectivity index (χ0n) is 18.1. The van der Waals surface area contributed by atoms with Gasteiger partial charge in [-0.25, -0.2) is 0 Å². The van der Waals surface area contributed by atoms with Gasteiger partial charge in [0.05, 0.1) is 13.2 Å². The van der Waals surface area contributed by atoms with Crippen molar-refractivity contribution >= 4 is 29.3 Å².